The smallest absolute Gasteiger partial charge is 0.276 e. The van der Waals surface area contributed by atoms with Crippen LogP contribution >= 0.6 is 0 Å². The molecule has 0 aliphatic carbocycles. The van der Waals surface area contributed by atoms with Crippen LogP contribution in [0.2, 0.25) is 0 Å². The second-order valence-corrected chi connectivity index (χ2v) is 10.3. The third-order valence-electron chi connectivity index (χ3n) is 7.54. The van der Waals surface area contributed by atoms with E-state index in [1.807, 2.05) is 29.2 Å². The van der Waals surface area contributed by atoms with Gasteiger partial charge in [-0.1, -0.05) is 6.07 Å². The lowest BCUT2D eigenvalue weighted by Crippen LogP contribution is -2.41. The zero-order valence-electron chi connectivity index (χ0n) is 21.6. The quantitative estimate of drug-likeness (QED) is 0.514. The number of aromatic amines is 1. The Kier molecular flexibility index (Phi) is 7.09. The maximum Gasteiger partial charge on any atom is 0.276 e. The number of allylic oxidation sites excluding steroid dienone is 1. The number of piperidine rings is 1. The lowest BCUT2D eigenvalue weighted by atomic mass is 10.0. The number of fused-ring (bicyclic) bond motifs is 1. The number of amides is 1. The van der Waals surface area contributed by atoms with Gasteiger partial charge in [0.2, 0.25) is 0 Å². The third-order valence-corrected chi connectivity index (χ3v) is 7.54. The summed E-state index contributed by atoms with van der Waals surface area (Å²) in [6.07, 6.45) is 6.51. The molecule has 204 valence electrons. The van der Waals surface area contributed by atoms with Crippen molar-refractivity contribution in [2.75, 3.05) is 39.4 Å². The number of hydrogen-bond donors (Lipinski definition) is 2. The highest BCUT2D eigenvalue weighted by Crippen LogP contribution is 2.30. The van der Waals surface area contributed by atoms with Gasteiger partial charge >= 0.3 is 0 Å². The lowest BCUT2D eigenvalue weighted by molar-refractivity contribution is -0.0566. The summed E-state index contributed by atoms with van der Waals surface area (Å²) in [6, 6.07) is 7.81. The number of nitrogens with zero attached hydrogens (tertiary/aromatic N) is 5. The summed E-state index contributed by atoms with van der Waals surface area (Å²) >= 11 is 0. The summed E-state index contributed by atoms with van der Waals surface area (Å²) in [6.45, 7) is 4.40. The minimum atomic E-state index is -2.56. The third kappa shape index (κ3) is 5.84. The highest BCUT2D eigenvalue weighted by Gasteiger charge is 2.33. The van der Waals surface area contributed by atoms with Crippen LogP contribution < -0.4 is 5.32 Å². The zero-order chi connectivity index (χ0) is 26.8. The van der Waals surface area contributed by atoms with Gasteiger partial charge in [0.15, 0.2) is 5.69 Å². The Balaban J connectivity index is 1.16. The molecule has 3 aliphatic rings. The van der Waals surface area contributed by atoms with Crippen LogP contribution in [0.4, 0.5) is 8.78 Å². The lowest BCUT2D eigenvalue weighted by Gasteiger charge is -2.31. The number of morpholine rings is 1. The number of likely N-dealkylation sites (tertiary alicyclic amines) is 1. The maximum atomic E-state index is 13.5. The first-order valence-corrected chi connectivity index (χ1v) is 13.4. The number of benzene rings is 1. The Morgan fingerprint density at radius 2 is 1.87 bits per heavy atom. The number of rotatable bonds is 5. The molecule has 39 heavy (non-hydrogen) atoms. The Morgan fingerprint density at radius 3 is 2.64 bits per heavy atom. The highest BCUT2D eigenvalue weighted by molar-refractivity contribution is 6.06. The second-order valence-electron chi connectivity index (χ2n) is 10.3. The van der Waals surface area contributed by atoms with E-state index < -0.39 is 5.92 Å². The first-order valence-electron chi connectivity index (χ1n) is 13.4. The van der Waals surface area contributed by atoms with E-state index in [9.17, 15) is 13.6 Å². The number of carbonyl (C=O) groups excluding carboxylic acids is 1. The molecule has 2 N–H and O–H groups in total. The number of ether oxygens (including phenoxy) is 1. The largest absolute Gasteiger partial charge is 0.378 e. The average Bonchev–Trinajstić information content (AvgIpc) is 3.39. The molecule has 2 saturated heterocycles. The molecule has 6 rings (SSSR count). The SMILES string of the molecule is O=C(NC1=CN=C(N2CCOCC2)CC1)c1n[nH]c2ccc(-c3cncc(CN4CCC(F)(F)CC4)c3)cc12. The molecule has 0 bridgehead atoms. The van der Waals surface area contributed by atoms with E-state index in [0.29, 0.717) is 50.3 Å². The minimum Gasteiger partial charge on any atom is -0.378 e. The number of alkyl halides is 2. The van der Waals surface area contributed by atoms with Crippen LogP contribution in [0, 0.1) is 0 Å². The van der Waals surface area contributed by atoms with Crippen LogP contribution in [0.1, 0.15) is 41.7 Å². The summed E-state index contributed by atoms with van der Waals surface area (Å²) in [5.41, 5.74) is 4.58. The van der Waals surface area contributed by atoms with Gasteiger partial charge in [-0.2, -0.15) is 5.10 Å². The number of halogens is 2. The zero-order valence-corrected chi connectivity index (χ0v) is 21.6. The van der Waals surface area contributed by atoms with Crippen molar-refractivity contribution in [3.8, 4) is 11.1 Å². The number of pyridine rings is 1. The standard InChI is InChI=1S/C28H31F2N7O2/c29-28(30)5-7-36(8-6-28)18-19-13-21(16-31-15-19)20-1-3-24-23(14-20)26(35-34-24)27(38)33-22-2-4-25(32-17-22)37-9-11-39-12-10-37/h1,3,13-17H,2,4-12,18H2,(H,33,38)(H,34,35). The van der Waals surface area contributed by atoms with Crippen LogP contribution in [0.25, 0.3) is 22.0 Å². The molecular weight excluding hydrogens is 504 g/mol. The van der Waals surface area contributed by atoms with Gasteiger partial charge < -0.3 is 15.0 Å². The predicted octanol–water partition coefficient (Wildman–Crippen LogP) is 3.95. The molecule has 0 unspecified atom stereocenters. The van der Waals surface area contributed by atoms with Crippen LogP contribution in [-0.4, -0.2) is 82.0 Å². The first kappa shape index (κ1) is 25.6. The van der Waals surface area contributed by atoms with Gasteiger partial charge in [0.05, 0.1) is 18.7 Å². The first-order chi connectivity index (χ1) is 18.9. The maximum absolute atomic E-state index is 13.5. The Bertz CT molecular complexity index is 1420. The van der Waals surface area contributed by atoms with Crippen LogP contribution in [-0.2, 0) is 11.3 Å². The van der Waals surface area contributed by atoms with Gasteiger partial charge in [-0.3, -0.25) is 19.8 Å². The van der Waals surface area contributed by atoms with Crippen molar-refractivity contribution in [2.24, 2.45) is 4.99 Å². The molecule has 5 heterocycles. The van der Waals surface area contributed by atoms with Crippen LogP contribution in [0.15, 0.2) is 53.5 Å². The van der Waals surface area contributed by atoms with Crippen molar-refractivity contribution in [3.05, 3.63) is 59.8 Å². The fraction of sp³-hybridized carbons (Fsp3) is 0.429. The molecule has 11 heteroatoms. The Labute approximate surface area is 224 Å². The normalized spacial score (nSPS) is 20.0. The van der Waals surface area contributed by atoms with Crippen molar-refractivity contribution >= 4 is 22.6 Å². The molecule has 0 spiro atoms. The molecule has 2 fully saturated rings. The van der Waals surface area contributed by atoms with Crippen LogP contribution in [0.5, 0.6) is 0 Å². The van der Waals surface area contributed by atoms with Crippen LogP contribution in [0.3, 0.4) is 0 Å². The molecule has 3 aromatic rings. The van der Waals surface area contributed by atoms with Crippen molar-refractivity contribution in [1.82, 2.24) is 30.3 Å². The number of hydrogen-bond acceptors (Lipinski definition) is 7. The van der Waals surface area contributed by atoms with Gasteiger partial charge in [-0.05, 0) is 35.7 Å². The number of H-pyrrole nitrogens is 1. The van der Waals surface area contributed by atoms with Gasteiger partial charge in [-0.25, -0.2) is 13.8 Å². The van der Waals surface area contributed by atoms with E-state index in [4.69, 9.17) is 4.74 Å². The van der Waals surface area contributed by atoms with Crippen molar-refractivity contribution < 1.29 is 18.3 Å². The molecular formula is C28H31F2N7O2. The number of amidine groups is 1. The number of aromatic nitrogens is 3. The van der Waals surface area contributed by atoms with Gasteiger partial charge in [0.1, 0.15) is 5.84 Å². The summed E-state index contributed by atoms with van der Waals surface area (Å²) in [5.74, 6) is -1.82. The molecule has 0 saturated carbocycles. The van der Waals surface area contributed by atoms with E-state index in [0.717, 1.165) is 53.3 Å². The van der Waals surface area contributed by atoms with Gasteiger partial charge in [-0.15, -0.1) is 0 Å². The Hall–Kier alpha value is -3.70. The van der Waals surface area contributed by atoms with Gasteiger partial charge in [0, 0.05) is 87.2 Å². The fourth-order valence-corrected chi connectivity index (χ4v) is 5.28. The van der Waals surface area contributed by atoms with E-state index in [1.165, 1.54) is 0 Å². The second kappa shape index (κ2) is 10.8. The molecule has 3 aliphatic heterocycles. The van der Waals surface area contributed by atoms with Crippen molar-refractivity contribution in [3.63, 3.8) is 0 Å². The summed E-state index contributed by atoms with van der Waals surface area (Å²) in [4.78, 5) is 26.4. The van der Waals surface area contributed by atoms with Crippen molar-refractivity contribution in [1.29, 1.82) is 0 Å². The molecule has 2 aromatic heterocycles. The molecule has 1 amide bonds. The monoisotopic (exact) mass is 535 g/mol. The Morgan fingerprint density at radius 1 is 1.05 bits per heavy atom. The van der Waals surface area contributed by atoms with E-state index in [-0.39, 0.29) is 18.7 Å². The van der Waals surface area contributed by atoms with E-state index in [1.54, 1.807) is 18.6 Å². The number of nitrogens with one attached hydrogen (secondary N) is 2. The summed E-state index contributed by atoms with van der Waals surface area (Å²) in [5, 5.41) is 10.9. The number of aliphatic imine (C=N–C) groups is 1. The fourth-order valence-electron chi connectivity index (χ4n) is 5.28. The summed E-state index contributed by atoms with van der Waals surface area (Å²) in [7, 11) is 0. The molecule has 0 radical (unpaired) electrons. The van der Waals surface area contributed by atoms with Crippen molar-refractivity contribution in [2.45, 2.75) is 38.2 Å². The average molecular weight is 536 g/mol. The molecule has 9 nitrogen and oxygen atoms in total. The van der Waals surface area contributed by atoms with E-state index in [2.05, 4.69) is 30.4 Å². The molecule has 0 atom stereocenters. The predicted molar refractivity (Wildman–Crippen MR) is 143 cm³/mol. The summed E-state index contributed by atoms with van der Waals surface area (Å²) < 4.78 is 32.5. The highest BCUT2D eigenvalue weighted by atomic mass is 19.3. The van der Waals surface area contributed by atoms with Gasteiger partial charge in [0.25, 0.3) is 11.8 Å². The topological polar surface area (TPSA) is 98.7 Å². The number of carbonyl (C=O) groups is 1. The molecule has 1 aromatic carbocycles. The van der Waals surface area contributed by atoms with E-state index >= 15 is 0 Å². The minimum absolute atomic E-state index is 0.111.